The number of carbonyl (C=O) groups excluding carboxylic acids is 1. The fourth-order valence-corrected chi connectivity index (χ4v) is 3.88. The van der Waals surface area contributed by atoms with Gasteiger partial charge in [-0.15, -0.1) is 0 Å². The zero-order chi connectivity index (χ0) is 21.8. The lowest BCUT2D eigenvalue weighted by atomic mass is 10.0. The van der Waals surface area contributed by atoms with Crippen LogP contribution in [0.1, 0.15) is 29.8 Å². The number of nitrogens with one attached hydrogen (secondary N) is 2. The molecular weight excluding hydrogens is 395 g/mol. The predicted molar refractivity (Wildman–Crippen MR) is 118 cm³/mol. The molecule has 31 heavy (non-hydrogen) atoms. The number of benzene rings is 1. The van der Waals surface area contributed by atoms with E-state index in [-0.39, 0.29) is 17.9 Å². The van der Waals surface area contributed by atoms with Gasteiger partial charge < -0.3 is 15.5 Å². The van der Waals surface area contributed by atoms with Gasteiger partial charge in [0.05, 0.1) is 5.69 Å². The number of carbonyl (C=O) groups is 1. The summed E-state index contributed by atoms with van der Waals surface area (Å²) in [5, 5.41) is 5.90. The molecule has 4 rings (SSSR count). The first-order valence-electron chi connectivity index (χ1n) is 10.5. The zero-order valence-electron chi connectivity index (χ0n) is 17.8. The number of hydrogen-bond donors (Lipinski definition) is 2. The molecule has 8 heteroatoms. The Morgan fingerprint density at radius 1 is 1.23 bits per heavy atom. The van der Waals surface area contributed by atoms with Crippen LogP contribution in [0.25, 0.3) is 5.82 Å². The maximum absolute atomic E-state index is 14.2. The maximum atomic E-state index is 14.2. The Kier molecular flexibility index (Phi) is 6.16. The van der Waals surface area contributed by atoms with E-state index in [1.54, 1.807) is 18.5 Å². The van der Waals surface area contributed by atoms with Gasteiger partial charge in [-0.2, -0.15) is 0 Å². The van der Waals surface area contributed by atoms with E-state index in [1.807, 2.05) is 47.7 Å². The van der Waals surface area contributed by atoms with Crippen LogP contribution in [0.15, 0.2) is 48.9 Å². The summed E-state index contributed by atoms with van der Waals surface area (Å²) in [6.07, 6.45) is 7.11. The summed E-state index contributed by atoms with van der Waals surface area (Å²) in [4.78, 5) is 23.1. The van der Waals surface area contributed by atoms with Gasteiger partial charge in [0, 0.05) is 44.3 Å². The Hall–Kier alpha value is -3.42. The van der Waals surface area contributed by atoms with Gasteiger partial charge in [0.15, 0.2) is 0 Å². The van der Waals surface area contributed by atoms with E-state index >= 15 is 0 Å². The lowest BCUT2D eigenvalue weighted by Gasteiger charge is -2.35. The lowest BCUT2D eigenvalue weighted by molar-refractivity contribution is 0.234. The molecule has 0 radical (unpaired) electrons. The molecule has 1 atom stereocenters. The van der Waals surface area contributed by atoms with Crippen LogP contribution in [0.2, 0.25) is 0 Å². The molecule has 0 spiro atoms. The molecule has 1 saturated heterocycles. The smallest absolute Gasteiger partial charge is 0.315 e. The van der Waals surface area contributed by atoms with E-state index in [0.29, 0.717) is 18.8 Å². The van der Waals surface area contributed by atoms with Gasteiger partial charge in [0.25, 0.3) is 0 Å². The number of halogens is 1. The van der Waals surface area contributed by atoms with Crippen LogP contribution in [0.5, 0.6) is 0 Å². The molecule has 3 heterocycles. The van der Waals surface area contributed by atoms with Crippen molar-refractivity contribution in [2.75, 3.05) is 18.0 Å². The number of rotatable bonds is 5. The molecule has 2 aromatic heterocycles. The van der Waals surface area contributed by atoms with Crippen molar-refractivity contribution in [1.29, 1.82) is 0 Å². The molecule has 0 saturated carbocycles. The molecule has 162 valence electrons. The number of imidazole rings is 1. The van der Waals surface area contributed by atoms with E-state index in [1.165, 1.54) is 6.07 Å². The van der Waals surface area contributed by atoms with Crippen LogP contribution in [-0.2, 0) is 6.54 Å². The van der Waals surface area contributed by atoms with Gasteiger partial charge >= 0.3 is 6.03 Å². The molecule has 7 nitrogen and oxygen atoms in total. The van der Waals surface area contributed by atoms with Crippen LogP contribution in [0.4, 0.5) is 14.9 Å². The summed E-state index contributed by atoms with van der Waals surface area (Å²) < 4.78 is 16.1. The van der Waals surface area contributed by atoms with E-state index in [0.717, 1.165) is 42.2 Å². The summed E-state index contributed by atoms with van der Waals surface area (Å²) in [6, 6.07) is 8.71. The number of aromatic nitrogens is 3. The molecule has 3 aromatic rings. The van der Waals surface area contributed by atoms with Crippen molar-refractivity contribution in [2.24, 2.45) is 0 Å². The highest BCUT2D eigenvalue weighted by atomic mass is 19.1. The van der Waals surface area contributed by atoms with Gasteiger partial charge in [-0.1, -0.05) is 12.1 Å². The van der Waals surface area contributed by atoms with E-state index < -0.39 is 0 Å². The second kappa shape index (κ2) is 9.16. The number of amides is 2. The van der Waals surface area contributed by atoms with Crippen molar-refractivity contribution in [2.45, 2.75) is 39.3 Å². The second-order valence-corrected chi connectivity index (χ2v) is 7.94. The second-order valence-electron chi connectivity index (χ2n) is 7.94. The minimum Gasteiger partial charge on any atom is -0.367 e. The Balaban J connectivity index is 1.29. The van der Waals surface area contributed by atoms with Gasteiger partial charge in [-0.3, -0.25) is 4.57 Å². The highest BCUT2D eigenvalue weighted by Crippen LogP contribution is 2.24. The standard InChI is InChI=1S/C23H27FN6O/c1-16-5-7-20(24)21(12-16)29-10-3-4-19(15-29)28-23(31)27-14-18-6-8-22(26-13-18)30-11-9-25-17(30)2/h5-9,11-13,19H,3-4,10,14-15H2,1-2H3,(H2,27,28,31). The topological polar surface area (TPSA) is 75.1 Å². The van der Waals surface area contributed by atoms with Crippen LogP contribution >= 0.6 is 0 Å². The number of pyridine rings is 1. The molecule has 1 fully saturated rings. The van der Waals surface area contributed by atoms with Crippen molar-refractivity contribution >= 4 is 11.7 Å². The van der Waals surface area contributed by atoms with Gasteiger partial charge in [-0.05, 0) is 56.0 Å². The molecule has 0 aliphatic carbocycles. The number of nitrogens with zero attached hydrogens (tertiary/aromatic N) is 4. The van der Waals surface area contributed by atoms with Crippen LogP contribution in [-0.4, -0.2) is 39.7 Å². The fourth-order valence-electron chi connectivity index (χ4n) is 3.88. The average Bonchev–Trinajstić information content (AvgIpc) is 3.20. The van der Waals surface area contributed by atoms with Crippen LogP contribution in [0, 0.1) is 19.7 Å². The van der Waals surface area contributed by atoms with Crippen molar-refractivity contribution in [3.8, 4) is 5.82 Å². The lowest BCUT2D eigenvalue weighted by Crippen LogP contribution is -2.50. The summed E-state index contributed by atoms with van der Waals surface area (Å²) in [5.41, 5.74) is 2.53. The number of anilines is 1. The Morgan fingerprint density at radius 2 is 2.10 bits per heavy atom. The Morgan fingerprint density at radius 3 is 2.84 bits per heavy atom. The normalized spacial score (nSPS) is 16.2. The van der Waals surface area contributed by atoms with Crippen molar-refractivity contribution in [3.05, 3.63) is 71.7 Å². The van der Waals surface area contributed by atoms with Gasteiger partial charge in [0.1, 0.15) is 17.5 Å². The monoisotopic (exact) mass is 422 g/mol. The van der Waals surface area contributed by atoms with Gasteiger partial charge in [-0.25, -0.2) is 19.2 Å². The first kappa shape index (κ1) is 20.8. The Bertz CT molecular complexity index is 1050. The highest BCUT2D eigenvalue weighted by molar-refractivity contribution is 5.74. The zero-order valence-corrected chi connectivity index (χ0v) is 17.8. The van der Waals surface area contributed by atoms with Crippen molar-refractivity contribution < 1.29 is 9.18 Å². The minimum absolute atomic E-state index is 0.0293. The Labute approximate surface area is 181 Å². The third-order valence-electron chi connectivity index (χ3n) is 5.53. The van der Waals surface area contributed by atoms with Gasteiger partial charge in [0.2, 0.25) is 0 Å². The molecule has 2 amide bonds. The SMILES string of the molecule is Cc1ccc(F)c(N2CCCC(NC(=O)NCc3ccc(-n4ccnc4C)nc3)C2)c1. The quantitative estimate of drug-likeness (QED) is 0.660. The molecule has 1 aromatic carbocycles. The van der Waals surface area contributed by atoms with Crippen LogP contribution < -0.4 is 15.5 Å². The first-order valence-corrected chi connectivity index (χ1v) is 10.5. The summed E-state index contributed by atoms with van der Waals surface area (Å²) >= 11 is 0. The highest BCUT2D eigenvalue weighted by Gasteiger charge is 2.23. The van der Waals surface area contributed by atoms with E-state index in [4.69, 9.17) is 0 Å². The third kappa shape index (κ3) is 5.02. The molecule has 1 aliphatic heterocycles. The number of piperidine rings is 1. The fraction of sp³-hybridized carbons (Fsp3) is 0.348. The molecular formula is C23H27FN6O. The molecule has 2 N–H and O–H groups in total. The molecule has 1 aliphatic rings. The predicted octanol–water partition coefficient (Wildman–Crippen LogP) is 3.49. The van der Waals surface area contributed by atoms with Crippen LogP contribution in [0.3, 0.4) is 0 Å². The summed E-state index contributed by atoms with van der Waals surface area (Å²) in [6.45, 7) is 5.63. The number of hydrogen-bond acceptors (Lipinski definition) is 4. The maximum Gasteiger partial charge on any atom is 0.315 e. The number of urea groups is 1. The van der Waals surface area contributed by atoms with Crippen molar-refractivity contribution in [1.82, 2.24) is 25.2 Å². The van der Waals surface area contributed by atoms with E-state index in [9.17, 15) is 9.18 Å². The minimum atomic E-state index is -0.230. The van der Waals surface area contributed by atoms with E-state index in [2.05, 4.69) is 20.6 Å². The third-order valence-corrected chi connectivity index (χ3v) is 5.53. The summed E-state index contributed by atoms with van der Waals surface area (Å²) in [7, 11) is 0. The number of aryl methyl sites for hydroxylation is 2. The average molecular weight is 423 g/mol. The van der Waals surface area contributed by atoms with Crippen molar-refractivity contribution in [3.63, 3.8) is 0 Å². The first-order chi connectivity index (χ1) is 15.0. The summed E-state index contributed by atoms with van der Waals surface area (Å²) in [5.74, 6) is 1.43. The molecule has 0 bridgehead atoms. The largest absolute Gasteiger partial charge is 0.367 e. The molecule has 1 unspecified atom stereocenters.